The van der Waals surface area contributed by atoms with Crippen molar-refractivity contribution >= 4 is 5.91 Å². The molecule has 0 aliphatic heterocycles. The zero-order valence-electron chi connectivity index (χ0n) is 12.6. The number of pyridine rings is 1. The third kappa shape index (κ3) is 2.95. The number of benzene rings is 1. The van der Waals surface area contributed by atoms with Crippen molar-refractivity contribution in [2.24, 2.45) is 5.73 Å². The number of rotatable bonds is 4. The van der Waals surface area contributed by atoms with E-state index in [-0.39, 0.29) is 11.3 Å². The fraction of sp³-hybridized carbons (Fsp3) is 0.294. The predicted molar refractivity (Wildman–Crippen MR) is 84.0 cm³/mol. The monoisotopic (exact) mass is 282 g/mol. The van der Waals surface area contributed by atoms with Gasteiger partial charge in [0.2, 0.25) is 0 Å². The van der Waals surface area contributed by atoms with E-state index >= 15 is 0 Å². The van der Waals surface area contributed by atoms with E-state index in [1.54, 1.807) is 13.2 Å². The molecule has 1 aromatic carbocycles. The summed E-state index contributed by atoms with van der Waals surface area (Å²) < 4.78 is 0. The van der Waals surface area contributed by atoms with E-state index in [1.165, 1.54) is 0 Å². The first kappa shape index (κ1) is 15.2. The molecule has 0 saturated heterocycles. The Morgan fingerprint density at radius 3 is 2.67 bits per heavy atom. The fourth-order valence-corrected chi connectivity index (χ4v) is 2.25. The topological polar surface area (TPSA) is 68.0 Å². The van der Waals surface area contributed by atoms with E-state index in [4.69, 9.17) is 5.73 Å². The van der Waals surface area contributed by atoms with Crippen molar-refractivity contribution in [1.82, 2.24) is 10.3 Å². The number of aromatic nitrogens is 1. The van der Waals surface area contributed by atoms with Gasteiger partial charge in [-0.1, -0.05) is 32.0 Å². The van der Waals surface area contributed by atoms with E-state index in [0.29, 0.717) is 12.1 Å². The Labute approximate surface area is 125 Å². The summed E-state index contributed by atoms with van der Waals surface area (Å²) in [6.45, 7) is 4.57. The Kier molecular flexibility index (Phi) is 4.38. The van der Waals surface area contributed by atoms with Crippen molar-refractivity contribution in [3.05, 3.63) is 53.9 Å². The smallest absolute Gasteiger partial charge is 0.251 e. The standard InChI is InChI=1S/C17H20N3O/c1-17(2,11-18)15-10-20-9-8-13(15)12-6-4-5-7-14(12)16(21)19-3/h4-9H,11,18H2,1-3H3,(H,19,21). The summed E-state index contributed by atoms with van der Waals surface area (Å²) in [6, 6.07) is 9.43. The van der Waals surface area contributed by atoms with E-state index in [2.05, 4.69) is 16.5 Å². The van der Waals surface area contributed by atoms with Gasteiger partial charge in [-0.05, 0) is 28.8 Å². The quantitative estimate of drug-likeness (QED) is 0.903. The highest BCUT2D eigenvalue weighted by molar-refractivity contribution is 6.01. The number of hydrogen-bond donors (Lipinski definition) is 2. The summed E-state index contributed by atoms with van der Waals surface area (Å²) in [5.74, 6) is -0.112. The normalized spacial score (nSPS) is 11.2. The van der Waals surface area contributed by atoms with Crippen LogP contribution in [0.25, 0.3) is 11.1 Å². The minimum absolute atomic E-state index is 0.112. The third-order valence-electron chi connectivity index (χ3n) is 3.64. The van der Waals surface area contributed by atoms with Crippen LogP contribution in [0.2, 0.25) is 0 Å². The Hall–Kier alpha value is -2.20. The summed E-state index contributed by atoms with van der Waals surface area (Å²) in [4.78, 5) is 16.2. The van der Waals surface area contributed by atoms with Gasteiger partial charge in [0.15, 0.2) is 0 Å². The Morgan fingerprint density at radius 1 is 1.29 bits per heavy atom. The Morgan fingerprint density at radius 2 is 2.00 bits per heavy atom. The van der Waals surface area contributed by atoms with Crippen LogP contribution in [0.3, 0.4) is 0 Å². The molecule has 0 unspecified atom stereocenters. The molecule has 0 spiro atoms. The van der Waals surface area contributed by atoms with Crippen LogP contribution in [0.15, 0.2) is 36.5 Å². The maximum atomic E-state index is 12.1. The maximum Gasteiger partial charge on any atom is 0.251 e. The molecule has 2 rings (SSSR count). The lowest BCUT2D eigenvalue weighted by atomic mass is 9.80. The Bertz CT molecular complexity index is 650. The zero-order chi connectivity index (χ0) is 15.5. The van der Waals surface area contributed by atoms with Gasteiger partial charge in [-0.25, -0.2) is 0 Å². The molecule has 3 N–H and O–H groups in total. The second-order valence-corrected chi connectivity index (χ2v) is 5.56. The molecule has 0 aliphatic rings. The minimum atomic E-state index is -0.264. The highest BCUT2D eigenvalue weighted by atomic mass is 16.1. The van der Waals surface area contributed by atoms with Crippen molar-refractivity contribution in [1.29, 1.82) is 0 Å². The third-order valence-corrected chi connectivity index (χ3v) is 3.64. The number of carbonyl (C=O) groups excluding carboxylic acids is 1. The average Bonchev–Trinajstić information content (AvgIpc) is 2.54. The molecule has 2 aromatic rings. The molecule has 1 amide bonds. The summed E-state index contributed by atoms with van der Waals surface area (Å²) in [5, 5.41) is 2.67. The van der Waals surface area contributed by atoms with E-state index in [0.717, 1.165) is 16.7 Å². The van der Waals surface area contributed by atoms with Crippen molar-refractivity contribution in [2.75, 3.05) is 13.6 Å². The van der Waals surface area contributed by atoms with Gasteiger partial charge < -0.3 is 11.1 Å². The van der Waals surface area contributed by atoms with Crippen LogP contribution < -0.4 is 11.1 Å². The van der Waals surface area contributed by atoms with Gasteiger partial charge in [-0.15, -0.1) is 0 Å². The van der Waals surface area contributed by atoms with Crippen LogP contribution in [0.5, 0.6) is 0 Å². The van der Waals surface area contributed by atoms with Crippen molar-refractivity contribution in [3.8, 4) is 11.1 Å². The maximum absolute atomic E-state index is 12.1. The van der Waals surface area contributed by atoms with E-state index < -0.39 is 0 Å². The molecule has 4 heteroatoms. The fourth-order valence-electron chi connectivity index (χ4n) is 2.25. The summed E-state index contributed by atoms with van der Waals surface area (Å²) >= 11 is 0. The molecular weight excluding hydrogens is 262 g/mol. The second kappa shape index (κ2) is 6.06. The van der Waals surface area contributed by atoms with Crippen LogP contribution >= 0.6 is 0 Å². The molecule has 0 bridgehead atoms. The molecule has 1 heterocycles. The first-order valence-corrected chi connectivity index (χ1v) is 6.90. The summed E-state index contributed by atoms with van der Waals surface area (Å²) in [6.07, 6.45) is 4.74. The van der Waals surface area contributed by atoms with Gasteiger partial charge >= 0.3 is 0 Å². The lowest BCUT2D eigenvalue weighted by molar-refractivity contribution is 0.0963. The molecule has 1 aromatic heterocycles. The van der Waals surface area contributed by atoms with Crippen LogP contribution in [0.4, 0.5) is 0 Å². The summed E-state index contributed by atoms with van der Waals surface area (Å²) in [7, 11) is 1.63. The lowest BCUT2D eigenvalue weighted by Crippen LogP contribution is -2.29. The van der Waals surface area contributed by atoms with E-state index in [1.807, 2.05) is 44.2 Å². The second-order valence-electron chi connectivity index (χ2n) is 5.56. The van der Waals surface area contributed by atoms with E-state index in [9.17, 15) is 4.79 Å². The number of nitrogens with two attached hydrogens (primary N) is 1. The lowest BCUT2D eigenvalue weighted by Gasteiger charge is -2.25. The molecule has 0 atom stereocenters. The van der Waals surface area contributed by atoms with Gasteiger partial charge in [0, 0.05) is 30.8 Å². The van der Waals surface area contributed by atoms with Crippen molar-refractivity contribution < 1.29 is 4.79 Å². The molecule has 0 aliphatic carbocycles. The number of nitrogens with zero attached hydrogens (tertiary/aromatic N) is 1. The molecule has 1 radical (unpaired) electrons. The first-order valence-electron chi connectivity index (χ1n) is 6.90. The molecule has 0 fully saturated rings. The van der Waals surface area contributed by atoms with Gasteiger partial charge in [0.05, 0.1) is 6.20 Å². The number of carbonyl (C=O) groups is 1. The SMILES string of the molecule is CNC(=O)c1ccccc1-c1ccn[c]c1C(C)(C)CN. The highest BCUT2D eigenvalue weighted by Gasteiger charge is 2.24. The minimum Gasteiger partial charge on any atom is -0.355 e. The number of amides is 1. The Balaban J connectivity index is 2.67. The predicted octanol–water partition coefficient (Wildman–Crippen LogP) is 2.14. The number of hydrogen-bond acceptors (Lipinski definition) is 3. The highest BCUT2D eigenvalue weighted by Crippen LogP contribution is 2.33. The number of nitrogens with one attached hydrogen (secondary N) is 1. The summed E-state index contributed by atoms with van der Waals surface area (Å²) in [5.41, 5.74) is 8.98. The molecule has 0 saturated carbocycles. The molecular formula is C17H20N3O. The van der Waals surface area contributed by atoms with Crippen LogP contribution in [-0.2, 0) is 5.41 Å². The van der Waals surface area contributed by atoms with Gasteiger partial charge in [0.25, 0.3) is 5.91 Å². The van der Waals surface area contributed by atoms with Gasteiger partial charge in [-0.3, -0.25) is 9.78 Å². The van der Waals surface area contributed by atoms with Crippen molar-refractivity contribution in [3.63, 3.8) is 0 Å². The van der Waals surface area contributed by atoms with Crippen molar-refractivity contribution in [2.45, 2.75) is 19.3 Å². The molecule has 4 nitrogen and oxygen atoms in total. The molecule has 21 heavy (non-hydrogen) atoms. The van der Waals surface area contributed by atoms with Crippen LogP contribution in [0.1, 0.15) is 29.8 Å². The van der Waals surface area contributed by atoms with Crippen LogP contribution in [-0.4, -0.2) is 24.5 Å². The zero-order valence-corrected chi connectivity index (χ0v) is 12.6. The van der Waals surface area contributed by atoms with Gasteiger partial charge in [-0.2, -0.15) is 0 Å². The average molecular weight is 282 g/mol. The first-order chi connectivity index (χ1) is 10.0. The van der Waals surface area contributed by atoms with Gasteiger partial charge in [0.1, 0.15) is 0 Å². The van der Waals surface area contributed by atoms with Crippen LogP contribution in [0, 0.1) is 6.20 Å². The largest absolute Gasteiger partial charge is 0.355 e. The molecule has 109 valence electrons.